The summed E-state index contributed by atoms with van der Waals surface area (Å²) in [5.74, 6) is 0.374. The van der Waals surface area contributed by atoms with Gasteiger partial charge in [0.1, 0.15) is 5.69 Å². The van der Waals surface area contributed by atoms with Crippen LogP contribution in [-0.4, -0.2) is 25.6 Å². The Hall–Kier alpha value is -2.95. The summed E-state index contributed by atoms with van der Waals surface area (Å²) < 4.78 is 1.83. The third kappa shape index (κ3) is 2.93. The second-order valence-electron chi connectivity index (χ2n) is 6.18. The van der Waals surface area contributed by atoms with Gasteiger partial charge in [-0.15, -0.1) is 0 Å². The van der Waals surface area contributed by atoms with Gasteiger partial charge in [-0.3, -0.25) is 0 Å². The topological polar surface area (TPSA) is 68.0 Å². The summed E-state index contributed by atoms with van der Waals surface area (Å²) in [4.78, 5) is 20.3. The Bertz CT molecular complexity index is 865. The van der Waals surface area contributed by atoms with Crippen LogP contribution in [0.2, 0.25) is 0 Å². The van der Waals surface area contributed by atoms with Crippen molar-refractivity contribution in [2.75, 3.05) is 0 Å². The highest BCUT2D eigenvalue weighted by atomic mass is 16.4. The lowest BCUT2D eigenvalue weighted by molar-refractivity contribution is 0.0684. The molecule has 24 heavy (non-hydrogen) atoms. The Morgan fingerprint density at radius 1 is 1.08 bits per heavy atom. The zero-order chi connectivity index (χ0) is 16.5. The normalized spacial score (nSPS) is 13.8. The van der Waals surface area contributed by atoms with Crippen LogP contribution in [0.25, 0.3) is 22.5 Å². The third-order valence-electron chi connectivity index (χ3n) is 4.28. The molecule has 5 nitrogen and oxygen atoms in total. The van der Waals surface area contributed by atoms with Crippen molar-refractivity contribution in [1.82, 2.24) is 14.5 Å². The number of aromatic carboxylic acids is 1. The van der Waals surface area contributed by atoms with Gasteiger partial charge >= 0.3 is 5.97 Å². The largest absolute Gasteiger partial charge is 0.477 e. The summed E-state index contributed by atoms with van der Waals surface area (Å²) in [5.41, 5.74) is 2.95. The molecule has 0 aliphatic heterocycles. The molecule has 5 heteroatoms. The second kappa shape index (κ2) is 5.92. The zero-order valence-electron chi connectivity index (χ0n) is 13.1. The molecule has 1 saturated carbocycles. The van der Waals surface area contributed by atoms with Crippen molar-refractivity contribution in [2.24, 2.45) is 5.92 Å². The van der Waals surface area contributed by atoms with Crippen LogP contribution in [0.1, 0.15) is 23.3 Å². The molecule has 1 aromatic carbocycles. The molecule has 1 fully saturated rings. The van der Waals surface area contributed by atoms with E-state index in [1.165, 1.54) is 12.8 Å². The van der Waals surface area contributed by atoms with E-state index in [9.17, 15) is 9.90 Å². The lowest BCUT2D eigenvalue weighted by Crippen LogP contribution is -2.08. The predicted molar refractivity (Wildman–Crippen MR) is 90.6 cm³/mol. The van der Waals surface area contributed by atoms with Gasteiger partial charge in [-0.05, 0) is 24.8 Å². The maximum atomic E-state index is 11.5. The molecule has 120 valence electrons. The van der Waals surface area contributed by atoms with Gasteiger partial charge in [0.15, 0.2) is 5.82 Å². The molecule has 0 unspecified atom stereocenters. The van der Waals surface area contributed by atoms with Crippen LogP contribution in [0.5, 0.6) is 0 Å². The van der Waals surface area contributed by atoms with Crippen LogP contribution in [0.3, 0.4) is 0 Å². The fourth-order valence-corrected chi connectivity index (χ4v) is 2.79. The summed E-state index contributed by atoms with van der Waals surface area (Å²) in [6, 6.07) is 11.5. The van der Waals surface area contributed by atoms with Gasteiger partial charge in [0, 0.05) is 41.8 Å². The molecule has 1 aliphatic rings. The maximum Gasteiger partial charge on any atom is 0.352 e. The van der Waals surface area contributed by atoms with E-state index in [1.807, 2.05) is 41.1 Å². The number of carboxylic acid groups (broad SMARTS) is 1. The average molecular weight is 319 g/mol. The summed E-state index contributed by atoms with van der Waals surface area (Å²) in [5, 5.41) is 9.40. The number of aromatic nitrogens is 3. The van der Waals surface area contributed by atoms with Crippen LogP contribution < -0.4 is 0 Å². The molecule has 1 N–H and O–H groups in total. The van der Waals surface area contributed by atoms with Crippen molar-refractivity contribution in [2.45, 2.75) is 19.4 Å². The molecule has 0 radical (unpaired) electrons. The van der Waals surface area contributed by atoms with E-state index >= 15 is 0 Å². The fourth-order valence-electron chi connectivity index (χ4n) is 2.79. The maximum absolute atomic E-state index is 11.5. The molecule has 1 aliphatic carbocycles. The van der Waals surface area contributed by atoms with Crippen molar-refractivity contribution >= 4 is 5.97 Å². The standard InChI is InChI=1S/C19H17N3O2/c23-19(24)17-8-15(12-22(17)11-13-6-7-13)16-9-20-18(21-10-16)14-4-2-1-3-5-14/h1-5,8-10,12-13H,6-7,11H2,(H,23,24). The molecular formula is C19H17N3O2. The van der Waals surface area contributed by atoms with Gasteiger partial charge in [-0.1, -0.05) is 30.3 Å². The first-order chi connectivity index (χ1) is 11.7. The molecule has 0 bridgehead atoms. The van der Waals surface area contributed by atoms with E-state index in [0.29, 0.717) is 17.4 Å². The number of carbonyl (C=O) groups is 1. The Morgan fingerprint density at radius 3 is 2.42 bits per heavy atom. The first kappa shape index (κ1) is 14.6. The van der Waals surface area contributed by atoms with E-state index in [1.54, 1.807) is 18.5 Å². The fraction of sp³-hybridized carbons (Fsp3) is 0.211. The summed E-state index contributed by atoms with van der Waals surface area (Å²) >= 11 is 0. The number of carboxylic acids is 1. The van der Waals surface area contributed by atoms with E-state index in [2.05, 4.69) is 9.97 Å². The van der Waals surface area contributed by atoms with Gasteiger partial charge in [0.2, 0.25) is 0 Å². The molecule has 0 atom stereocenters. The quantitative estimate of drug-likeness (QED) is 0.778. The molecule has 3 aromatic rings. The van der Waals surface area contributed by atoms with Crippen LogP contribution in [0, 0.1) is 5.92 Å². The lowest BCUT2D eigenvalue weighted by atomic mass is 10.1. The van der Waals surface area contributed by atoms with Gasteiger partial charge < -0.3 is 9.67 Å². The van der Waals surface area contributed by atoms with Crippen LogP contribution in [0.4, 0.5) is 0 Å². The molecule has 2 aromatic heterocycles. The van der Waals surface area contributed by atoms with Gasteiger partial charge in [-0.2, -0.15) is 0 Å². The third-order valence-corrected chi connectivity index (χ3v) is 4.28. The number of benzene rings is 1. The van der Waals surface area contributed by atoms with E-state index < -0.39 is 5.97 Å². The Balaban J connectivity index is 1.64. The minimum absolute atomic E-state index is 0.323. The van der Waals surface area contributed by atoms with Crippen molar-refractivity contribution in [3.63, 3.8) is 0 Å². The Labute approximate surface area is 139 Å². The Morgan fingerprint density at radius 2 is 1.79 bits per heavy atom. The minimum Gasteiger partial charge on any atom is -0.477 e. The highest BCUT2D eigenvalue weighted by Crippen LogP contribution is 2.32. The number of hydrogen-bond acceptors (Lipinski definition) is 3. The molecule has 4 rings (SSSR count). The van der Waals surface area contributed by atoms with Crippen LogP contribution in [-0.2, 0) is 6.54 Å². The van der Waals surface area contributed by atoms with Gasteiger partial charge in [0.25, 0.3) is 0 Å². The first-order valence-corrected chi connectivity index (χ1v) is 8.02. The summed E-state index contributed by atoms with van der Waals surface area (Å²) in [6.07, 6.45) is 7.75. The van der Waals surface area contributed by atoms with Crippen molar-refractivity contribution in [1.29, 1.82) is 0 Å². The molecular weight excluding hydrogens is 302 g/mol. The van der Waals surface area contributed by atoms with Gasteiger partial charge in [0.05, 0.1) is 0 Å². The molecule has 2 heterocycles. The molecule has 0 spiro atoms. The highest BCUT2D eigenvalue weighted by Gasteiger charge is 2.24. The smallest absolute Gasteiger partial charge is 0.352 e. The monoisotopic (exact) mass is 319 g/mol. The van der Waals surface area contributed by atoms with E-state index in [-0.39, 0.29) is 0 Å². The number of hydrogen-bond donors (Lipinski definition) is 1. The number of rotatable bonds is 5. The second-order valence-corrected chi connectivity index (χ2v) is 6.18. The summed E-state index contributed by atoms with van der Waals surface area (Å²) in [7, 11) is 0. The minimum atomic E-state index is -0.899. The predicted octanol–water partition coefficient (Wildman–Crippen LogP) is 3.72. The lowest BCUT2D eigenvalue weighted by Gasteiger charge is -2.03. The average Bonchev–Trinajstić information content (AvgIpc) is 3.32. The first-order valence-electron chi connectivity index (χ1n) is 8.02. The van der Waals surface area contributed by atoms with Crippen LogP contribution >= 0.6 is 0 Å². The van der Waals surface area contributed by atoms with Crippen molar-refractivity contribution in [3.8, 4) is 22.5 Å². The van der Waals surface area contributed by atoms with E-state index in [0.717, 1.165) is 23.2 Å². The zero-order valence-corrected chi connectivity index (χ0v) is 13.1. The SMILES string of the molecule is O=C(O)c1cc(-c2cnc(-c3ccccc3)nc2)cn1CC1CC1. The van der Waals surface area contributed by atoms with Crippen molar-refractivity contribution in [3.05, 3.63) is 60.7 Å². The van der Waals surface area contributed by atoms with Crippen molar-refractivity contribution < 1.29 is 9.90 Å². The number of nitrogens with zero attached hydrogens (tertiary/aromatic N) is 3. The molecule has 0 amide bonds. The Kier molecular flexibility index (Phi) is 3.61. The summed E-state index contributed by atoms with van der Waals surface area (Å²) in [6.45, 7) is 0.768. The molecule has 0 saturated heterocycles. The van der Waals surface area contributed by atoms with Gasteiger partial charge in [-0.25, -0.2) is 14.8 Å². The highest BCUT2D eigenvalue weighted by molar-refractivity contribution is 5.88. The van der Waals surface area contributed by atoms with Crippen LogP contribution in [0.15, 0.2) is 55.0 Å². The van der Waals surface area contributed by atoms with E-state index in [4.69, 9.17) is 0 Å².